The van der Waals surface area contributed by atoms with Crippen LogP contribution in [0.25, 0.3) is 0 Å². The summed E-state index contributed by atoms with van der Waals surface area (Å²) < 4.78 is 5.27. The molecule has 0 saturated carbocycles. The molecule has 0 unspecified atom stereocenters. The Morgan fingerprint density at radius 3 is 2.17 bits per heavy atom. The number of esters is 1. The van der Waals surface area contributed by atoms with E-state index in [9.17, 15) is 19.2 Å². The highest BCUT2D eigenvalue weighted by Gasteiger charge is 2.36. The van der Waals surface area contributed by atoms with E-state index in [0.717, 1.165) is 30.8 Å². The fourth-order valence-corrected chi connectivity index (χ4v) is 4.46. The minimum absolute atomic E-state index is 0.0479. The normalized spacial score (nSPS) is 15.5. The van der Waals surface area contributed by atoms with Crippen molar-refractivity contribution in [1.82, 2.24) is 9.80 Å². The van der Waals surface area contributed by atoms with E-state index in [4.69, 9.17) is 4.74 Å². The quantitative estimate of drug-likeness (QED) is 0.403. The fourth-order valence-electron chi connectivity index (χ4n) is 3.52. The molecule has 0 aliphatic carbocycles. The van der Waals surface area contributed by atoms with Crippen LogP contribution >= 0.6 is 11.8 Å². The molecule has 0 radical (unpaired) electrons. The Balaban J connectivity index is 1.39. The van der Waals surface area contributed by atoms with E-state index < -0.39 is 24.5 Å². The summed E-state index contributed by atoms with van der Waals surface area (Å²) in [6, 6.07) is 13.3. The molecule has 0 aromatic heterocycles. The Hall–Kier alpha value is -3.13. The Morgan fingerprint density at radius 2 is 1.50 bits per heavy atom. The van der Waals surface area contributed by atoms with Gasteiger partial charge in [0.2, 0.25) is 5.91 Å². The van der Waals surface area contributed by atoms with E-state index in [1.165, 1.54) is 11.8 Å². The molecule has 4 rings (SSSR count). The van der Waals surface area contributed by atoms with Gasteiger partial charge >= 0.3 is 5.97 Å². The molecule has 2 aromatic carbocycles. The van der Waals surface area contributed by atoms with Crippen molar-refractivity contribution in [2.24, 2.45) is 0 Å². The summed E-state index contributed by atoms with van der Waals surface area (Å²) >= 11 is 1.28. The second kappa shape index (κ2) is 8.71. The van der Waals surface area contributed by atoms with Gasteiger partial charge in [-0.15, -0.1) is 11.8 Å². The summed E-state index contributed by atoms with van der Waals surface area (Å²) in [5.74, 6) is -1.33. The minimum atomic E-state index is -0.650. The average molecular weight is 424 g/mol. The van der Waals surface area contributed by atoms with Crippen LogP contribution < -0.4 is 0 Å². The van der Waals surface area contributed by atoms with E-state index in [0.29, 0.717) is 21.6 Å². The number of amides is 3. The Kier molecular flexibility index (Phi) is 5.85. The molecule has 30 heavy (non-hydrogen) atoms. The number of nitrogens with zero attached hydrogens (tertiary/aromatic N) is 2. The molecule has 2 aliphatic rings. The maximum absolute atomic E-state index is 12.6. The Bertz CT molecular complexity index is 981. The molecule has 0 N–H and O–H groups in total. The van der Waals surface area contributed by atoms with Gasteiger partial charge in [0.15, 0.2) is 6.73 Å². The van der Waals surface area contributed by atoms with Crippen molar-refractivity contribution in [1.29, 1.82) is 0 Å². The first-order valence-corrected chi connectivity index (χ1v) is 10.7. The third-order valence-corrected chi connectivity index (χ3v) is 6.18. The van der Waals surface area contributed by atoms with Gasteiger partial charge < -0.3 is 9.64 Å². The number of fused-ring (bicyclic) bond motifs is 1. The van der Waals surface area contributed by atoms with Crippen LogP contribution in [-0.2, 0) is 9.53 Å². The number of carbonyl (C=O) groups excluding carboxylic acids is 4. The smallest absolute Gasteiger partial charge is 0.341 e. The topological polar surface area (TPSA) is 84.0 Å². The zero-order chi connectivity index (χ0) is 21.1. The van der Waals surface area contributed by atoms with Gasteiger partial charge in [-0.25, -0.2) is 9.69 Å². The molecule has 0 spiro atoms. The molecule has 3 amide bonds. The Morgan fingerprint density at radius 1 is 0.900 bits per heavy atom. The first-order valence-electron chi connectivity index (χ1n) is 9.68. The van der Waals surface area contributed by atoms with Crippen LogP contribution in [0.15, 0.2) is 53.4 Å². The third-order valence-electron chi connectivity index (χ3n) is 5.12. The third kappa shape index (κ3) is 3.95. The van der Waals surface area contributed by atoms with Gasteiger partial charge in [-0.2, -0.15) is 0 Å². The van der Waals surface area contributed by atoms with E-state index >= 15 is 0 Å². The highest BCUT2D eigenvalue weighted by atomic mass is 32.2. The Labute approximate surface area is 178 Å². The molecule has 2 aliphatic heterocycles. The van der Waals surface area contributed by atoms with Crippen molar-refractivity contribution in [2.75, 3.05) is 25.6 Å². The first-order chi connectivity index (χ1) is 14.6. The number of hydrogen-bond acceptors (Lipinski definition) is 6. The molecule has 1 fully saturated rings. The molecular formula is C22H20N2O5S. The molecule has 154 valence electrons. The van der Waals surface area contributed by atoms with Crippen molar-refractivity contribution >= 4 is 35.5 Å². The van der Waals surface area contributed by atoms with Crippen LogP contribution in [0.4, 0.5) is 0 Å². The van der Waals surface area contributed by atoms with E-state index in [1.54, 1.807) is 48.5 Å². The maximum atomic E-state index is 12.6. The number of imide groups is 1. The van der Waals surface area contributed by atoms with E-state index in [1.807, 2.05) is 4.90 Å². The number of hydrogen-bond donors (Lipinski definition) is 0. The first kappa shape index (κ1) is 20.2. The number of likely N-dealkylation sites (tertiary alicyclic amines) is 1. The molecule has 2 aromatic rings. The summed E-state index contributed by atoms with van der Waals surface area (Å²) in [7, 11) is 0. The number of thioether (sulfide) groups is 1. The van der Waals surface area contributed by atoms with E-state index in [2.05, 4.69) is 0 Å². The maximum Gasteiger partial charge on any atom is 0.341 e. The second-order valence-corrected chi connectivity index (χ2v) is 8.03. The molecule has 1 saturated heterocycles. The highest BCUT2D eigenvalue weighted by molar-refractivity contribution is 8.00. The largest absolute Gasteiger partial charge is 0.440 e. The SMILES string of the molecule is O=C(OCN1C(=O)c2ccccc2C1=O)c1ccccc1SCC(=O)N1CCCC1. The van der Waals surface area contributed by atoms with Crippen LogP contribution in [-0.4, -0.2) is 59.1 Å². The van der Waals surface area contributed by atoms with Crippen LogP contribution in [0.1, 0.15) is 43.9 Å². The van der Waals surface area contributed by atoms with Gasteiger partial charge in [0, 0.05) is 18.0 Å². The zero-order valence-electron chi connectivity index (χ0n) is 16.2. The minimum Gasteiger partial charge on any atom is -0.440 e. The summed E-state index contributed by atoms with van der Waals surface area (Å²) in [4.78, 5) is 53.1. The standard InChI is InChI=1S/C22H20N2O5S/c25-19(23-11-5-6-12-23)13-30-18-10-4-3-9-17(18)22(28)29-14-24-20(26)15-7-1-2-8-16(15)21(24)27/h1-4,7-10H,5-6,11-14H2. The summed E-state index contributed by atoms with van der Waals surface area (Å²) in [6.07, 6.45) is 2.05. The van der Waals surface area contributed by atoms with Crippen molar-refractivity contribution in [3.8, 4) is 0 Å². The van der Waals surface area contributed by atoms with Gasteiger partial charge in [0.25, 0.3) is 11.8 Å². The van der Waals surface area contributed by atoms with Crippen LogP contribution in [0.2, 0.25) is 0 Å². The zero-order valence-corrected chi connectivity index (χ0v) is 17.0. The van der Waals surface area contributed by atoms with Crippen LogP contribution in [0, 0.1) is 0 Å². The number of ether oxygens (including phenoxy) is 1. The van der Waals surface area contributed by atoms with Crippen LogP contribution in [0.5, 0.6) is 0 Å². The molecular weight excluding hydrogens is 404 g/mol. The lowest BCUT2D eigenvalue weighted by Gasteiger charge is -2.16. The van der Waals surface area contributed by atoms with Crippen LogP contribution in [0.3, 0.4) is 0 Å². The molecule has 0 atom stereocenters. The van der Waals surface area contributed by atoms with Crippen molar-refractivity contribution in [3.63, 3.8) is 0 Å². The van der Waals surface area contributed by atoms with Gasteiger partial charge in [0.1, 0.15) is 0 Å². The van der Waals surface area contributed by atoms with Gasteiger partial charge in [-0.05, 0) is 37.1 Å². The lowest BCUT2D eigenvalue weighted by atomic mass is 10.1. The van der Waals surface area contributed by atoms with Gasteiger partial charge in [0.05, 0.1) is 22.4 Å². The lowest BCUT2D eigenvalue weighted by molar-refractivity contribution is -0.127. The number of benzene rings is 2. The molecule has 8 heteroatoms. The second-order valence-electron chi connectivity index (χ2n) is 7.02. The predicted molar refractivity (Wildman–Crippen MR) is 110 cm³/mol. The number of rotatable bonds is 6. The summed E-state index contributed by atoms with van der Waals surface area (Å²) in [6.45, 7) is 1.10. The lowest BCUT2D eigenvalue weighted by Crippen LogP contribution is -2.33. The number of carbonyl (C=O) groups is 4. The van der Waals surface area contributed by atoms with E-state index in [-0.39, 0.29) is 11.7 Å². The van der Waals surface area contributed by atoms with Gasteiger partial charge in [-0.1, -0.05) is 24.3 Å². The molecule has 0 bridgehead atoms. The van der Waals surface area contributed by atoms with Crippen molar-refractivity contribution < 1.29 is 23.9 Å². The van der Waals surface area contributed by atoms with Crippen molar-refractivity contribution in [3.05, 3.63) is 65.2 Å². The summed E-state index contributed by atoms with van der Waals surface area (Å²) in [5.41, 5.74) is 0.901. The predicted octanol–water partition coefficient (Wildman–Crippen LogP) is 2.81. The van der Waals surface area contributed by atoms with Gasteiger partial charge in [-0.3, -0.25) is 14.4 Å². The highest BCUT2D eigenvalue weighted by Crippen LogP contribution is 2.26. The molecule has 2 heterocycles. The average Bonchev–Trinajstić information content (AvgIpc) is 3.39. The van der Waals surface area contributed by atoms with Crippen molar-refractivity contribution in [2.45, 2.75) is 17.7 Å². The monoisotopic (exact) mass is 424 g/mol. The summed E-state index contributed by atoms with van der Waals surface area (Å²) in [5, 5.41) is 0. The molecule has 7 nitrogen and oxygen atoms in total. The fraction of sp³-hybridized carbons (Fsp3) is 0.273.